The Hall–Kier alpha value is -3.56. The monoisotopic (exact) mass is 306 g/mol. The molecule has 0 unspecified atom stereocenters. The molecule has 114 valence electrons. The summed E-state index contributed by atoms with van der Waals surface area (Å²) in [6.07, 6.45) is 4.08. The number of hydrogen-bond donors (Lipinski definition) is 4. The van der Waals surface area contributed by atoms with Crippen LogP contribution in [0.5, 0.6) is 0 Å². The molecule has 1 rings (SSSR count). The number of aromatic nitrogens is 2. The van der Waals surface area contributed by atoms with Gasteiger partial charge in [-0.25, -0.2) is 14.6 Å². The Labute approximate surface area is 123 Å². The van der Waals surface area contributed by atoms with Crippen LogP contribution in [0.4, 0.5) is 11.8 Å². The standard InChI is InChI=1S/C12H10N4O6/c17-8(1-3-10(19)20)14-7-5-6-13-12(15-7)16-9(18)2-4-11(21)22/h1-6H,(H,19,20)(H,21,22)(H2,13,14,15,16,17,18)/b3-1+,4-2-. The number of nitrogens with zero attached hydrogens (tertiary/aromatic N) is 2. The Morgan fingerprint density at radius 3 is 2.00 bits per heavy atom. The molecule has 0 aromatic carbocycles. The van der Waals surface area contributed by atoms with Crippen LogP contribution in [0, 0.1) is 0 Å². The summed E-state index contributed by atoms with van der Waals surface area (Å²) in [6, 6.07) is 1.31. The first-order valence-corrected chi connectivity index (χ1v) is 5.64. The molecule has 10 nitrogen and oxygen atoms in total. The predicted octanol–water partition coefficient (Wildman–Crippen LogP) is -0.365. The fourth-order valence-corrected chi connectivity index (χ4v) is 1.10. The highest BCUT2D eigenvalue weighted by atomic mass is 16.4. The lowest BCUT2D eigenvalue weighted by molar-refractivity contribution is -0.132. The van der Waals surface area contributed by atoms with E-state index < -0.39 is 23.8 Å². The zero-order valence-electron chi connectivity index (χ0n) is 10.9. The molecule has 2 amide bonds. The molecule has 0 fully saturated rings. The van der Waals surface area contributed by atoms with Gasteiger partial charge in [0.15, 0.2) is 0 Å². The van der Waals surface area contributed by atoms with E-state index in [0.29, 0.717) is 12.2 Å². The third-order valence-corrected chi connectivity index (χ3v) is 1.90. The van der Waals surface area contributed by atoms with Crippen LogP contribution in [0.3, 0.4) is 0 Å². The smallest absolute Gasteiger partial charge is 0.328 e. The van der Waals surface area contributed by atoms with Gasteiger partial charge >= 0.3 is 11.9 Å². The third-order valence-electron chi connectivity index (χ3n) is 1.90. The second-order valence-corrected chi connectivity index (χ2v) is 3.59. The van der Waals surface area contributed by atoms with Crippen molar-refractivity contribution in [1.82, 2.24) is 9.97 Å². The quantitative estimate of drug-likeness (QED) is 0.518. The van der Waals surface area contributed by atoms with E-state index in [-0.39, 0.29) is 11.8 Å². The summed E-state index contributed by atoms with van der Waals surface area (Å²) in [6.45, 7) is 0. The molecule has 0 aliphatic heterocycles. The van der Waals surface area contributed by atoms with Crippen molar-refractivity contribution >= 4 is 35.5 Å². The molecular formula is C12H10N4O6. The van der Waals surface area contributed by atoms with Gasteiger partial charge in [-0.15, -0.1) is 0 Å². The number of rotatable bonds is 6. The number of anilines is 2. The van der Waals surface area contributed by atoms with E-state index >= 15 is 0 Å². The molecule has 4 N–H and O–H groups in total. The molecule has 1 heterocycles. The van der Waals surface area contributed by atoms with Gasteiger partial charge in [-0.3, -0.25) is 14.9 Å². The second kappa shape index (κ2) is 7.89. The third kappa shape index (κ3) is 6.56. The van der Waals surface area contributed by atoms with Crippen molar-refractivity contribution < 1.29 is 29.4 Å². The number of carbonyl (C=O) groups excluding carboxylic acids is 2. The number of carboxylic acid groups (broad SMARTS) is 2. The van der Waals surface area contributed by atoms with Crippen molar-refractivity contribution in [2.45, 2.75) is 0 Å². The maximum absolute atomic E-state index is 11.3. The van der Waals surface area contributed by atoms with E-state index in [1.165, 1.54) is 12.3 Å². The van der Waals surface area contributed by atoms with Crippen LogP contribution in [0.2, 0.25) is 0 Å². The van der Waals surface area contributed by atoms with Crippen LogP contribution in [0.1, 0.15) is 0 Å². The molecule has 0 atom stereocenters. The van der Waals surface area contributed by atoms with Crippen LogP contribution < -0.4 is 10.6 Å². The lowest BCUT2D eigenvalue weighted by atomic mass is 10.4. The highest BCUT2D eigenvalue weighted by molar-refractivity contribution is 6.03. The fraction of sp³-hybridized carbons (Fsp3) is 0. The fourth-order valence-electron chi connectivity index (χ4n) is 1.10. The first kappa shape index (κ1) is 16.5. The average Bonchev–Trinajstić information content (AvgIpc) is 2.43. The first-order chi connectivity index (χ1) is 10.4. The highest BCUT2D eigenvalue weighted by Crippen LogP contribution is 2.05. The van der Waals surface area contributed by atoms with Gasteiger partial charge in [-0.05, 0) is 6.07 Å². The topological polar surface area (TPSA) is 159 Å². The molecule has 0 saturated heterocycles. The maximum atomic E-state index is 11.3. The molecule has 0 radical (unpaired) electrons. The van der Waals surface area contributed by atoms with E-state index in [9.17, 15) is 19.2 Å². The largest absolute Gasteiger partial charge is 0.478 e. The minimum atomic E-state index is -1.29. The predicted molar refractivity (Wildman–Crippen MR) is 72.8 cm³/mol. The Morgan fingerprint density at radius 2 is 1.45 bits per heavy atom. The second-order valence-electron chi connectivity index (χ2n) is 3.59. The summed E-state index contributed by atoms with van der Waals surface area (Å²) in [4.78, 5) is 50.6. The molecule has 10 heteroatoms. The van der Waals surface area contributed by atoms with E-state index in [0.717, 1.165) is 12.2 Å². The zero-order chi connectivity index (χ0) is 16.5. The normalized spacial score (nSPS) is 10.5. The van der Waals surface area contributed by atoms with E-state index in [2.05, 4.69) is 20.6 Å². The molecule has 1 aromatic heterocycles. The van der Waals surface area contributed by atoms with Crippen LogP contribution >= 0.6 is 0 Å². The van der Waals surface area contributed by atoms with Crippen molar-refractivity contribution in [3.8, 4) is 0 Å². The minimum Gasteiger partial charge on any atom is -0.478 e. The summed E-state index contributed by atoms with van der Waals surface area (Å²) in [5.74, 6) is -4.22. The number of carboxylic acids is 2. The summed E-state index contributed by atoms with van der Waals surface area (Å²) < 4.78 is 0. The lowest BCUT2D eigenvalue weighted by Gasteiger charge is -2.03. The Balaban J connectivity index is 2.70. The summed E-state index contributed by atoms with van der Waals surface area (Å²) in [5.41, 5.74) is 0. The van der Waals surface area contributed by atoms with Crippen LogP contribution in [0.15, 0.2) is 36.6 Å². The van der Waals surface area contributed by atoms with Gasteiger partial charge in [0.2, 0.25) is 11.9 Å². The average molecular weight is 306 g/mol. The molecule has 0 aliphatic carbocycles. The minimum absolute atomic E-state index is 0.0209. The van der Waals surface area contributed by atoms with Gasteiger partial charge in [-0.1, -0.05) is 0 Å². The zero-order valence-corrected chi connectivity index (χ0v) is 10.9. The van der Waals surface area contributed by atoms with E-state index in [4.69, 9.17) is 10.2 Å². The molecular weight excluding hydrogens is 296 g/mol. The maximum Gasteiger partial charge on any atom is 0.328 e. The number of hydrogen-bond acceptors (Lipinski definition) is 6. The van der Waals surface area contributed by atoms with Gasteiger partial charge < -0.3 is 15.5 Å². The van der Waals surface area contributed by atoms with Crippen molar-refractivity contribution in [2.24, 2.45) is 0 Å². The van der Waals surface area contributed by atoms with Gasteiger partial charge in [0.25, 0.3) is 5.91 Å². The first-order valence-electron chi connectivity index (χ1n) is 5.64. The van der Waals surface area contributed by atoms with Crippen molar-refractivity contribution in [3.05, 3.63) is 36.6 Å². The summed E-state index contributed by atoms with van der Waals surface area (Å²) in [7, 11) is 0. The van der Waals surface area contributed by atoms with Crippen LogP contribution in [0.25, 0.3) is 0 Å². The number of nitrogens with one attached hydrogen (secondary N) is 2. The van der Waals surface area contributed by atoms with Gasteiger partial charge in [-0.2, -0.15) is 4.98 Å². The molecule has 0 aliphatic rings. The summed E-state index contributed by atoms with van der Waals surface area (Å²) >= 11 is 0. The van der Waals surface area contributed by atoms with Gasteiger partial charge in [0, 0.05) is 30.5 Å². The highest BCUT2D eigenvalue weighted by Gasteiger charge is 2.05. The van der Waals surface area contributed by atoms with Crippen LogP contribution in [-0.2, 0) is 19.2 Å². The number of carbonyl (C=O) groups is 4. The Morgan fingerprint density at radius 1 is 0.909 bits per heavy atom. The molecule has 22 heavy (non-hydrogen) atoms. The van der Waals surface area contributed by atoms with Gasteiger partial charge in [0.1, 0.15) is 5.82 Å². The number of amides is 2. The van der Waals surface area contributed by atoms with Crippen molar-refractivity contribution in [2.75, 3.05) is 10.6 Å². The molecule has 0 saturated carbocycles. The van der Waals surface area contributed by atoms with E-state index in [1.54, 1.807) is 0 Å². The van der Waals surface area contributed by atoms with Gasteiger partial charge in [0.05, 0.1) is 0 Å². The van der Waals surface area contributed by atoms with Crippen molar-refractivity contribution in [1.29, 1.82) is 0 Å². The Bertz CT molecular complexity index is 614. The lowest BCUT2D eigenvalue weighted by Crippen LogP contribution is -2.14. The summed E-state index contributed by atoms with van der Waals surface area (Å²) in [5, 5.41) is 21.2. The molecule has 0 spiro atoms. The SMILES string of the molecule is O=C(O)/C=C\C(=O)Nc1nccc(NC(=O)/C=C/C(=O)O)n1. The molecule has 1 aromatic rings. The van der Waals surface area contributed by atoms with Crippen LogP contribution in [-0.4, -0.2) is 43.9 Å². The number of aliphatic carboxylic acids is 2. The Kier molecular flexibility index (Phi) is 5.92. The van der Waals surface area contributed by atoms with E-state index in [1.807, 2.05) is 0 Å². The molecule has 0 bridgehead atoms. The van der Waals surface area contributed by atoms with Crippen molar-refractivity contribution in [3.63, 3.8) is 0 Å².